The summed E-state index contributed by atoms with van der Waals surface area (Å²) in [5.74, 6) is 2.21. The molecule has 2 rings (SSSR count). The lowest BCUT2D eigenvalue weighted by Gasteiger charge is -2.14. The van der Waals surface area contributed by atoms with Crippen molar-refractivity contribution in [1.82, 2.24) is 0 Å². The maximum Gasteiger partial charge on any atom is 0.189 e. The first-order valence-corrected chi connectivity index (χ1v) is 9.06. The van der Waals surface area contributed by atoms with Crippen LogP contribution in [0.25, 0.3) is 6.08 Å². The van der Waals surface area contributed by atoms with Crippen molar-refractivity contribution in [1.29, 1.82) is 0 Å². The molecule has 5 heteroatoms. The second kappa shape index (κ2) is 10.3. The van der Waals surface area contributed by atoms with Gasteiger partial charge in [-0.15, -0.1) is 0 Å². The Morgan fingerprint density at radius 1 is 0.926 bits per heavy atom. The average Bonchev–Trinajstić information content (AvgIpc) is 2.68. The number of hydrogen-bond donors (Lipinski definition) is 0. The number of rotatable bonds is 10. The zero-order valence-corrected chi connectivity index (χ0v) is 16.3. The predicted octanol–water partition coefficient (Wildman–Crippen LogP) is 4.79. The number of ether oxygens (including phenoxy) is 4. The summed E-state index contributed by atoms with van der Waals surface area (Å²) in [6.45, 7) is 7.19. The van der Waals surface area contributed by atoms with E-state index in [1.165, 1.54) is 6.08 Å². The molecule has 0 aliphatic carbocycles. The van der Waals surface area contributed by atoms with Gasteiger partial charge in [-0.2, -0.15) is 0 Å². The van der Waals surface area contributed by atoms with Gasteiger partial charge in [0.15, 0.2) is 17.3 Å². The third-order valence-electron chi connectivity index (χ3n) is 3.74. The number of benzene rings is 2. The first-order valence-electron chi connectivity index (χ1n) is 9.06. The fourth-order valence-electron chi connectivity index (χ4n) is 2.63. The fourth-order valence-corrected chi connectivity index (χ4v) is 2.63. The standard InChI is InChI=1S/C22H26O5/c1-5-25-17-14-16(22(27-7-3)21(15-17)24-4)12-13-19(23)18-10-8-9-11-20(18)26-6-2/h8-15H,5-7H2,1-4H3. The van der Waals surface area contributed by atoms with E-state index in [0.29, 0.717) is 53.9 Å². The van der Waals surface area contributed by atoms with Crippen molar-refractivity contribution < 1.29 is 23.7 Å². The number of carbonyl (C=O) groups excluding carboxylic acids is 1. The smallest absolute Gasteiger partial charge is 0.189 e. The molecule has 0 N–H and O–H groups in total. The molecule has 0 heterocycles. The maximum atomic E-state index is 12.7. The topological polar surface area (TPSA) is 54.0 Å². The van der Waals surface area contributed by atoms with Crippen LogP contribution in [0, 0.1) is 0 Å². The van der Waals surface area contributed by atoms with Crippen molar-refractivity contribution in [3.8, 4) is 23.0 Å². The molecule has 0 spiro atoms. The van der Waals surface area contributed by atoms with E-state index in [9.17, 15) is 4.79 Å². The van der Waals surface area contributed by atoms with E-state index in [1.54, 1.807) is 31.4 Å². The van der Waals surface area contributed by atoms with Crippen molar-refractivity contribution in [2.24, 2.45) is 0 Å². The summed E-state index contributed by atoms with van der Waals surface area (Å²) in [6, 6.07) is 10.8. The molecule has 0 atom stereocenters. The Kier molecular flexibility index (Phi) is 7.74. The zero-order chi connectivity index (χ0) is 19.6. The van der Waals surface area contributed by atoms with Crippen LogP contribution >= 0.6 is 0 Å². The number of methoxy groups -OCH3 is 1. The molecule has 27 heavy (non-hydrogen) atoms. The maximum absolute atomic E-state index is 12.7. The highest BCUT2D eigenvalue weighted by Crippen LogP contribution is 2.37. The van der Waals surface area contributed by atoms with Crippen LogP contribution in [0.3, 0.4) is 0 Å². The Balaban J connectivity index is 2.39. The van der Waals surface area contributed by atoms with E-state index in [-0.39, 0.29) is 5.78 Å². The second-order valence-corrected chi connectivity index (χ2v) is 5.54. The fraction of sp³-hybridized carbons (Fsp3) is 0.318. The van der Waals surface area contributed by atoms with Crippen LogP contribution in [0.15, 0.2) is 42.5 Å². The minimum atomic E-state index is -0.151. The number of allylic oxidation sites excluding steroid dienone is 1. The number of para-hydroxylation sites is 1. The summed E-state index contributed by atoms with van der Waals surface area (Å²) in [6.07, 6.45) is 3.21. The number of hydrogen-bond acceptors (Lipinski definition) is 5. The van der Waals surface area contributed by atoms with Crippen molar-refractivity contribution in [3.05, 3.63) is 53.6 Å². The highest BCUT2D eigenvalue weighted by Gasteiger charge is 2.14. The van der Waals surface area contributed by atoms with Gasteiger partial charge in [0.25, 0.3) is 0 Å². The lowest BCUT2D eigenvalue weighted by atomic mass is 10.1. The van der Waals surface area contributed by atoms with Gasteiger partial charge in [0.05, 0.1) is 32.5 Å². The van der Waals surface area contributed by atoms with E-state index in [4.69, 9.17) is 18.9 Å². The van der Waals surface area contributed by atoms with Crippen LogP contribution in [0.5, 0.6) is 23.0 Å². The van der Waals surface area contributed by atoms with Gasteiger partial charge in [-0.05, 0) is 51.1 Å². The van der Waals surface area contributed by atoms with Gasteiger partial charge in [-0.3, -0.25) is 4.79 Å². The third kappa shape index (κ3) is 5.26. The highest BCUT2D eigenvalue weighted by molar-refractivity contribution is 6.08. The second-order valence-electron chi connectivity index (χ2n) is 5.54. The van der Waals surface area contributed by atoms with Crippen molar-refractivity contribution in [3.63, 3.8) is 0 Å². The molecule has 0 saturated carbocycles. The normalized spacial score (nSPS) is 10.7. The molecular weight excluding hydrogens is 344 g/mol. The minimum absolute atomic E-state index is 0.151. The van der Waals surface area contributed by atoms with Crippen LogP contribution in [0.1, 0.15) is 36.7 Å². The molecule has 0 bridgehead atoms. The third-order valence-corrected chi connectivity index (χ3v) is 3.74. The minimum Gasteiger partial charge on any atom is -0.494 e. The van der Waals surface area contributed by atoms with E-state index in [2.05, 4.69) is 0 Å². The van der Waals surface area contributed by atoms with Gasteiger partial charge < -0.3 is 18.9 Å². The molecule has 2 aromatic rings. The lowest BCUT2D eigenvalue weighted by molar-refractivity contribution is 0.104. The summed E-state index contributed by atoms with van der Waals surface area (Å²) in [5.41, 5.74) is 1.23. The zero-order valence-electron chi connectivity index (χ0n) is 16.3. The van der Waals surface area contributed by atoms with Crippen LogP contribution in [0.4, 0.5) is 0 Å². The monoisotopic (exact) mass is 370 g/mol. The number of carbonyl (C=O) groups is 1. The Labute approximate surface area is 160 Å². The Bertz CT molecular complexity index is 795. The van der Waals surface area contributed by atoms with E-state index in [0.717, 1.165) is 0 Å². The summed E-state index contributed by atoms with van der Waals surface area (Å²) in [4.78, 5) is 12.7. The van der Waals surface area contributed by atoms with Crippen molar-refractivity contribution in [2.45, 2.75) is 20.8 Å². The van der Waals surface area contributed by atoms with Crippen LogP contribution in [0.2, 0.25) is 0 Å². The molecule has 2 aromatic carbocycles. The first kappa shape index (κ1) is 20.4. The van der Waals surface area contributed by atoms with Crippen molar-refractivity contribution >= 4 is 11.9 Å². The van der Waals surface area contributed by atoms with E-state index in [1.807, 2.05) is 39.0 Å². The van der Waals surface area contributed by atoms with Gasteiger partial charge in [-0.25, -0.2) is 0 Å². The molecule has 0 aliphatic rings. The average molecular weight is 370 g/mol. The molecule has 0 fully saturated rings. The summed E-state index contributed by atoms with van der Waals surface area (Å²) < 4.78 is 22.3. The quantitative estimate of drug-likeness (QED) is 0.445. The molecule has 0 radical (unpaired) electrons. The largest absolute Gasteiger partial charge is 0.494 e. The molecule has 0 aromatic heterocycles. The summed E-state index contributed by atoms with van der Waals surface area (Å²) in [5, 5.41) is 0. The summed E-state index contributed by atoms with van der Waals surface area (Å²) in [7, 11) is 1.57. The van der Waals surface area contributed by atoms with Crippen LogP contribution < -0.4 is 18.9 Å². The molecular formula is C22H26O5. The first-order chi connectivity index (χ1) is 13.1. The van der Waals surface area contributed by atoms with Gasteiger partial charge >= 0.3 is 0 Å². The molecule has 0 saturated heterocycles. The van der Waals surface area contributed by atoms with E-state index >= 15 is 0 Å². The lowest BCUT2D eigenvalue weighted by Crippen LogP contribution is -2.02. The van der Waals surface area contributed by atoms with Gasteiger partial charge in [0, 0.05) is 11.6 Å². The van der Waals surface area contributed by atoms with Gasteiger partial charge in [0.2, 0.25) is 0 Å². The van der Waals surface area contributed by atoms with Crippen LogP contribution in [-0.2, 0) is 0 Å². The Morgan fingerprint density at radius 2 is 1.63 bits per heavy atom. The Morgan fingerprint density at radius 3 is 2.30 bits per heavy atom. The molecule has 0 unspecified atom stereocenters. The summed E-state index contributed by atoms with van der Waals surface area (Å²) >= 11 is 0. The van der Waals surface area contributed by atoms with Gasteiger partial charge in [0.1, 0.15) is 11.5 Å². The molecule has 0 aliphatic heterocycles. The molecule has 5 nitrogen and oxygen atoms in total. The van der Waals surface area contributed by atoms with E-state index < -0.39 is 0 Å². The SMILES string of the molecule is CCOc1cc(C=CC(=O)c2ccccc2OCC)c(OCC)c(OC)c1. The predicted molar refractivity (Wildman–Crippen MR) is 106 cm³/mol. The van der Waals surface area contributed by atoms with Crippen LogP contribution in [-0.4, -0.2) is 32.7 Å². The molecule has 0 amide bonds. The van der Waals surface area contributed by atoms with Gasteiger partial charge in [-0.1, -0.05) is 12.1 Å². The molecule has 144 valence electrons. The Hall–Kier alpha value is -2.95. The highest BCUT2D eigenvalue weighted by atomic mass is 16.5. The van der Waals surface area contributed by atoms with Crippen molar-refractivity contribution in [2.75, 3.05) is 26.9 Å². The number of ketones is 1.